The zero-order valence-corrected chi connectivity index (χ0v) is 14.0. The molecular formula is C19H23NO3. The van der Waals surface area contributed by atoms with Crippen molar-refractivity contribution in [1.82, 2.24) is 0 Å². The third kappa shape index (κ3) is 3.31. The van der Waals surface area contributed by atoms with Gasteiger partial charge in [0.25, 0.3) is 0 Å². The second kappa shape index (κ2) is 6.73. The normalized spacial score (nSPS) is 13.2. The Labute approximate surface area is 137 Å². The molecule has 0 radical (unpaired) electrons. The molecule has 0 bridgehead atoms. The summed E-state index contributed by atoms with van der Waals surface area (Å²) >= 11 is 0. The molecule has 122 valence electrons. The zero-order valence-electron chi connectivity index (χ0n) is 14.0. The van der Waals surface area contributed by atoms with Gasteiger partial charge in [-0.3, -0.25) is 4.79 Å². The maximum absolute atomic E-state index is 12.0. The fourth-order valence-corrected chi connectivity index (χ4v) is 2.56. The van der Waals surface area contributed by atoms with Crippen molar-refractivity contribution in [2.45, 2.75) is 19.3 Å². The second-order valence-electron chi connectivity index (χ2n) is 5.83. The Morgan fingerprint density at radius 1 is 1.04 bits per heavy atom. The molecule has 2 aromatic rings. The van der Waals surface area contributed by atoms with Gasteiger partial charge in [0.05, 0.1) is 6.61 Å². The molecule has 2 rings (SSSR count). The van der Waals surface area contributed by atoms with Crippen LogP contribution in [0.25, 0.3) is 0 Å². The highest BCUT2D eigenvalue weighted by molar-refractivity contribution is 5.85. The van der Waals surface area contributed by atoms with Crippen LogP contribution < -0.4 is 9.64 Å². The predicted octanol–water partition coefficient (Wildman–Crippen LogP) is 3.54. The molecule has 4 heteroatoms. The first-order valence-corrected chi connectivity index (χ1v) is 7.64. The Kier molecular flexibility index (Phi) is 4.94. The minimum absolute atomic E-state index is 0.585. The standard InChI is InChI=1S/C19H23NO3/c1-5-23-17-12-8-15(9-13-17)19(2,18(21)22)14-6-10-16(11-7-14)20(3)4/h6-13H,5H2,1-4H3,(H,21,22). The highest BCUT2D eigenvalue weighted by Gasteiger charge is 2.37. The van der Waals surface area contributed by atoms with Gasteiger partial charge in [0, 0.05) is 19.8 Å². The molecule has 0 spiro atoms. The predicted molar refractivity (Wildman–Crippen MR) is 92.5 cm³/mol. The maximum Gasteiger partial charge on any atom is 0.318 e. The van der Waals surface area contributed by atoms with Crippen LogP contribution in [0.3, 0.4) is 0 Å². The van der Waals surface area contributed by atoms with Crippen LogP contribution in [-0.4, -0.2) is 31.8 Å². The van der Waals surface area contributed by atoms with Crippen LogP contribution in [0.2, 0.25) is 0 Å². The van der Waals surface area contributed by atoms with Gasteiger partial charge in [-0.2, -0.15) is 0 Å². The van der Waals surface area contributed by atoms with Gasteiger partial charge < -0.3 is 14.7 Å². The first kappa shape index (κ1) is 16.9. The lowest BCUT2D eigenvalue weighted by Gasteiger charge is -2.27. The summed E-state index contributed by atoms with van der Waals surface area (Å²) in [5, 5.41) is 9.85. The number of rotatable bonds is 6. The van der Waals surface area contributed by atoms with Crippen molar-refractivity contribution < 1.29 is 14.6 Å². The molecule has 4 nitrogen and oxygen atoms in total. The first-order chi connectivity index (χ1) is 10.9. The molecule has 0 aliphatic rings. The van der Waals surface area contributed by atoms with E-state index in [-0.39, 0.29) is 0 Å². The average molecular weight is 313 g/mol. The Bertz CT molecular complexity index is 662. The van der Waals surface area contributed by atoms with E-state index in [2.05, 4.69) is 0 Å². The van der Waals surface area contributed by atoms with E-state index >= 15 is 0 Å². The Hall–Kier alpha value is -2.49. The topological polar surface area (TPSA) is 49.8 Å². The monoisotopic (exact) mass is 313 g/mol. The molecule has 0 aromatic heterocycles. The van der Waals surface area contributed by atoms with Crippen LogP contribution in [0.15, 0.2) is 48.5 Å². The maximum atomic E-state index is 12.0. The fourth-order valence-electron chi connectivity index (χ4n) is 2.56. The van der Waals surface area contributed by atoms with Gasteiger partial charge >= 0.3 is 5.97 Å². The summed E-state index contributed by atoms with van der Waals surface area (Å²) < 4.78 is 5.43. The second-order valence-corrected chi connectivity index (χ2v) is 5.83. The molecule has 23 heavy (non-hydrogen) atoms. The highest BCUT2D eigenvalue weighted by Crippen LogP contribution is 2.34. The number of carboxylic acid groups (broad SMARTS) is 1. The number of anilines is 1. The summed E-state index contributed by atoms with van der Waals surface area (Å²) in [4.78, 5) is 14.0. The lowest BCUT2D eigenvalue weighted by Crippen LogP contribution is -2.33. The molecule has 1 atom stereocenters. The van der Waals surface area contributed by atoms with E-state index in [1.807, 2.05) is 74.4 Å². The number of ether oxygens (including phenoxy) is 1. The summed E-state index contributed by atoms with van der Waals surface area (Å²) in [6.45, 7) is 4.23. The summed E-state index contributed by atoms with van der Waals surface area (Å²) in [5.74, 6) is -0.133. The van der Waals surface area contributed by atoms with Crippen LogP contribution in [0.5, 0.6) is 5.75 Å². The Balaban J connectivity index is 2.44. The zero-order chi connectivity index (χ0) is 17.0. The lowest BCUT2D eigenvalue weighted by atomic mass is 9.76. The minimum atomic E-state index is -1.10. The Morgan fingerprint density at radius 2 is 1.52 bits per heavy atom. The van der Waals surface area contributed by atoms with Crippen LogP contribution >= 0.6 is 0 Å². The van der Waals surface area contributed by atoms with E-state index < -0.39 is 11.4 Å². The number of nitrogens with zero attached hydrogens (tertiary/aromatic N) is 1. The van der Waals surface area contributed by atoms with Gasteiger partial charge in [0.2, 0.25) is 0 Å². The lowest BCUT2D eigenvalue weighted by molar-refractivity contribution is -0.141. The third-order valence-corrected chi connectivity index (χ3v) is 4.13. The number of carbonyl (C=O) groups is 1. The quantitative estimate of drug-likeness (QED) is 0.886. The van der Waals surface area contributed by atoms with Crippen LogP contribution in [0.1, 0.15) is 25.0 Å². The van der Waals surface area contributed by atoms with E-state index in [4.69, 9.17) is 4.74 Å². The molecule has 0 amide bonds. The van der Waals surface area contributed by atoms with Gasteiger partial charge in [0.15, 0.2) is 0 Å². The van der Waals surface area contributed by atoms with Crippen molar-refractivity contribution in [1.29, 1.82) is 0 Å². The van der Waals surface area contributed by atoms with E-state index in [0.717, 1.165) is 22.6 Å². The van der Waals surface area contributed by atoms with E-state index in [0.29, 0.717) is 6.61 Å². The molecule has 1 N–H and O–H groups in total. The summed E-state index contributed by atoms with van der Waals surface area (Å²) in [6, 6.07) is 14.9. The number of hydrogen-bond acceptors (Lipinski definition) is 3. The molecule has 0 saturated carbocycles. The molecule has 0 saturated heterocycles. The largest absolute Gasteiger partial charge is 0.494 e. The van der Waals surface area contributed by atoms with Crippen LogP contribution in [-0.2, 0) is 10.2 Å². The molecule has 0 aliphatic carbocycles. The van der Waals surface area contributed by atoms with Crippen molar-refractivity contribution in [3.8, 4) is 5.75 Å². The van der Waals surface area contributed by atoms with Crippen molar-refractivity contribution in [2.24, 2.45) is 0 Å². The molecule has 0 heterocycles. The van der Waals surface area contributed by atoms with Crippen LogP contribution in [0, 0.1) is 0 Å². The summed E-state index contributed by atoms with van der Waals surface area (Å²) in [5.41, 5.74) is 1.41. The van der Waals surface area contributed by atoms with Crippen LogP contribution in [0.4, 0.5) is 5.69 Å². The van der Waals surface area contributed by atoms with Crippen molar-refractivity contribution in [3.05, 3.63) is 59.7 Å². The smallest absolute Gasteiger partial charge is 0.318 e. The van der Waals surface area contributed by atoms with Gasteiger partial charge in [0.1, 0.15) is 11.2 Å². The number of carboxylic acids is 1. The molecule has 0 fully saturated rings. The minimum Gasteiger partial charge on any atom is -0.494 e. The SMILES string of the molecule is CCOc1ccc(C(C)(C(=O)O)c2ccc(N(C)C)cc2)cc1. The van der Waals surface area contributed by atoms with E-state index in [1.54, 1.807) is 6.92 Å². The number of aliphatic carboxylic acids is 1. The molecule has 2 aromatic carbocycles. The van der Waals surface area contributed by atoms with Crippen molar-refractivity contribution in [2.75, 3.05) is 25.6 Å². The van der Waals surface area contributed by atoms with Gasteiger partial charge in [-0.15, -0.1) is 0 Å². The summed E-state index contributed by atoms with van der Waals surface area (Å²) in [7, 11) is 3.91. The highest BCUT2D eigenvalue weighted by atomic mass is 16.5. The van der Waals surface area contributed by atoms with Gasteiger partial charge in [-0.1, -0.05) is 24.3 Å². The van der Waals surface area contributed by atoms with Crippen molar-refractivity contribution >= 4 is 11.7 Å². The van der Waals surface area contributed by atoms with E-state index in [1.165, 1.54) is 0 Å². The van der Waals surface area contributed by atoms with Crippen molar-refractivity contribution in [3.63, 3.8) is 0 Å². The average Bonchev–Trinajstić information content (AvgIpc) is 2.55. The van der Waals surface area contributed by atoms with Gasteiger partial charge in [-0.05, 0) is 49.2 Å². The fraction of sp³-hybridized carbons (Fsp3) is 0.316. The molecule has 1 unspecified atom stereocenters. The van der Waals surface area contributed by atoms with E-state index in [9.17, 15) is 9.90 Å². The molecular weight excluding hydrogens is 290 g/mol. The van der Waals surface area contributed by atoms with Gasteiger partial charge in [-0.25, -0.2) is 0 Å². The number of hydrogen-bond donors (Lipinski definition) is 1. The summed E-state index contributed by atoms with van der Waals surface area (Å²) in [6.07, 6.45) is 0. The number of benzene rings is 2. The third-order valence-electron chi connectivity index (χ3n) is 4.13. The molecule has 0 aliphatic heterocycles. The first-order valence-electron chi connectivity index (χ1n) is 7.64. The Morgan fingerprint density at radius 3 is 1.91 bits per heavy atom.